The van der Waals surface area contributed by atoms with E-state index in [1.54, 1.807) is 20.1 Å². The maximum Gasteiger partial charge on any atom is 0.266 e. The number of rotatable bonds is 9. The van der Waals surface area contributed by atoms with Crippen molar-refractivity contribution in [2.45, 2.75) is 44.1 Å². The van der Waals surface area contributed by atoms with Gasteiger partial charge in [-0.25, -0.2) is 23.1 Å². The van der Waals surface area contributed by atoms with Crippen LogP contribution in [0, 0.1) is 17.1 Å². The van der Waals surface area contributed by atoms with E-state index in [1.165, 1.54) is 19.2 Å². The molecule has 0 radical (unpaired) electrons. The molecule has 2 aromatic heterocycles. The maximum atomic E-state index is 14.8. The van der Waals surface area contributed by atoms with Crippen molar-refractivity contribution in [1.82, 2.24) is 15.0 Å². The molecule has 2 heterocycles. The van der Waals surface area contributed by atoms with Gasteiger partial charge in [-0.2, -0.15) is 10.2 Å². The van der Waals surface area contributed by atoms with Crippen LogP contribution in [0.1, 0.15) is 54.7 Å². The highest BCUT2D eigenvalue weighted by Crippen LogP contribution is 2.51. The van der Waals surface area contributed by atoms with Crippen molar-refractivity contribution in [3.63, 3.8) is 0 Å². The lowest BCUT2D eigenvalue weighted by atomic mass is 9.97. The molecule has 1 atom stereocenters. The molecule has 1 N–H and O–H groups in total. The number of nitriles is 1. The number of anilines is 1. The van der Waals surface area contributed by atoms with Crippen LogP contribution in [0.3, 0.4) is 0 Å². The number of methoxy groups -OCH3 is 2. The summed E-state index contributed by atoms with van der Waals surface area (Å²) in [6, 6.07) is 7.34. The molecule has 34 heavy (non-hydrogen) atoms. The summed E-state index contributed by atoms with van der Waals surface area (Å²) < 4.78 is 51.8. The molecular formula is C24H24F3N5O2. The number of hydrogen-bond donors (Lipinski definition) is 1. The van der Waals surface area contributed by atoms with Gasteiger partial charge in [0.05, 0.1) is 42.2 Å². The summed E-state index contributed by atoms with van der Waals surface area (Å²) in [5, 5.41) is 13.4. The van der Waals surface area contributed by atoms with Gasteiger partial charge in [0, 0.05) is 24.7 Å². The Morgan fingerprint density at radius 1 is 1.18 bits per heavy atom. The van der Waals surface area contributed by atoms with Gasteiger partial charge < -0.3 is 14.8 Å². The van der Waals surface area contributed by atoms with Gasteiger partial charge in [-0.3, -0.25) is 0 Å². The lowest BCUT2D eigenvalue weighted by Gasteiger charge is -2.20. The number of nitrogens with one attached hydrogen (secondary N) is 1. The van der Waals surface area contributed by atoms with Gasteiger partial charge in [0.2, 0.25) is 5.88 Å². The van der Waals surface area contributed by atoms with E-state index in [4.69, 9.17) is 9.47 Å². The van der Waals surface area contributed by atoms with Crippen molar-refractivity contribution in [3.8, 4) is 11.9 Å². The maximum absolute atomic E-state index is 14.8. The highest BCUT2D eigenvalue weighted by molar-refractivity contribution is 5.88. The molecule has 1 aromatic carbocycles. The summed E-state index contributed by atoms with van der Waals surface area (Å²) in [4.78, 5) is 13.6. The van der Waals surface area contributed by atoms with Crippen LogP contribution in [0.2, 0.25) is 0 Å². The SMILES string of the molecule is COCCc1nc(N[C@H](C)c2cccc(C(F)F)c2F)c2cc(C3(C#N)CC3)c(OC)nc2n1. The monoisotopic (exact) mass is 471 g/mol. The Labute approximate surface area is 195 Å². The average Bonchev–Trinajstić information content (AvgIpc) is 3.63. The molecule has 7 nitrogen and oxygen atoms in total. The fourth-order valence-corrected chi connectivity index (χ4v) is 3.92. The van der Waals surface area contributed by atoms with E-state index in [-0.39, 0.29) is 5.56 Å². The molecule has 1 aliphatic rings. The second kappa shape index (κ2) is 9.43. The molecule has 10 heteroatoms. The second-order valence-electron chi connectivity index (χ2n) is 8.26. The summed E-state index contributed by atoms with van der Waals surface area (Å²) in [6.07, 6.45) is -1.15. The third-order valence-corrected chi connectivity index (χ3v) is 6.01. The number of pyridine rings is 1. The molecule has 0 saturated heterocycles. The van der Waals surface area contributed by atoms with Crippen LogP contribution in [-0.4, -0.2) is 35.8 Å². The predicted molar refractivity (Wildman–Crippen MR) is 119 cm³/mol. The Morgan fingerprint density at radius 2 is 1.91 bits per heavy atom. The average molecular weight is 471 g/mol. The van der Waals surface area contributed by atoms with Crippen molar-refractivity contribution >= 4 is 16.9 Å². The number of fused-ring (bicyclic) bond motifs is 1. The van der Waals surface area contributed by atoms with Crippen molar-refractivity contribution < 1.29 is 22.6 Å². The standard InChI is InChI=1S/C24H24F3N5O2/c1-13(14-5-4-6-15(19(14)25)20(26)27)29-21-16-11-17(24(12-28)8-9-24)23(34-3)32-22(16)31-18(30-21)7-10-33-2/h4-6,11,13,20H,7-10H2,1-3H3,(H,29,30,31,32)/t13-/m1/s1. The molecule has 3 aromatic rings. The van der Waals surface area contributed by atoms with Gasteiger partial charge in [0.25, 0.3) is 6.43 Å². The molecule has 0 amide bonds. The highest BCUT2D eigenvalue weighted by Gasteiger charge is 2.47. The summed E-state index contributed by atoms with van der Waals surface area (Å²) in [5.41, 5.74) is -0.271. The largest absolute Gasteiger partial charge is 0.481 e. The molecule has 4 rings (SSSR count). The summed E-state index contributed by atoms with van der Waals surface area (Å²) in [7, 11) is 3.05. The zero-order valence-corrected chi connectivity index (χ0v) is 19.0. The van der Waals surface area contributed by atoms with Crippen LogP contribution in [0.4, 0.5) is 19.0 Å². The Kier molecular flexibility index (Phi) is 6.57. The van der Waals surface area contributed by atoms with Gasteiger partial charge in [-0.05, 0) is 25.8 Å². The normalized spacial score (nSPS) is 15.2. The Bertz CT molecular complexity index is 1260. The smallest absolute Gasteiger partial charge is 0.266 e. The molecule has 0 spiro atoms. The minimum absolute atomic E-state index is 0.0837. The first kappa shape index (κ1) is 23.7. The van der Waals surface area contributed by atoms with Crippen molar-refractivity contribution in [3.05, 3.63) is 52.6 Å². The van der Waals surface area contributed by atoms with Gasteiger partial charge in [-0.1, -0.05) is 18.2 Å². The molecule has 178 valence electrons. The first-order valence-electron chi connectivity index (χ1n) is 10.8. The van der Waals surface area contributed by atoms with E-state index in [2.05, 4.69) is 26.3 Å². The van der Waals surface area contributed by atoms with E-state index in [0.29, 0.717) is 60.0 Å². The third kappa shape index (κ3) is 4.35. The quantitative estimate of drug-likeness (QED) is 0.468. The minimum Gasteiger partial charge on any atom is -0.481 e. The Hall–Kier alpha value is -3.45. The predicted octanol–water partition coefficient (Wildman–Crippen LogP) is 5.03. The van der Waals surface area contributed by atoms with Crippen molar-refractivity contribution in [2.24, 2.45) is 0 Å². The minimum atomic E-state index is -2.92. The van der Waals surface area contributed by atoms with E-state index < -0.39 is 29.3 Å². The van der Waals surface area contributed by atoms with Crippen molar-refractivity contribution in [2.75, 3.05) is 26.1 Å². The van der Waals surface area contributed by atoms with E-state index in [1.807, 2.05) is 0 Å². The first-order chi connectivity index (χ1) is 16.3. The van der Waals surface area contributed by atoms with Crippen LogP contribution >= 0.6 is 0 Å². The van der Waals surface area contributed by atoms with E-state index >= 15 is 0 Å². The summed E-state index contributed by atoms with van der Waals surface area (Å²) in [5.74, 6) is 0.153. The van der Waals surface area contributed by atoms with Gasteiger partial charge in [0.15, 0.2) is 5.65 Å². The van der Waals surface area contributed by atoms with Gasteiger partial charge >= 0.3 is 0 Å². The summed E-state index contributed by atoms with van der Waals surface area (Å²) in [6.45, 7) is 2.03. The molecule has 1 aliphatic carbocycles. The third-order valence-electron chi connectivity index (χ3n) is 6.01. The number of hydrogen-bond acceptors (Lipinski definition) is 7. The van der Waals surface area contributed by atoms with Crippen LogP contribution in [0.5, 0.6) is 5.88 Å². The zero-order valence-electron chi connectivity index (χ0n) is 19.0. The molecule has 0 aliphatic heterocycles. The molecule has 0 unspecified atom stereocenters. The van der Waals surface area contributed by atoms with E-state index in [0.717, 1.165) is 6.07 Å². The van der Waals surface area contributed by atoms with Crippen LogP contribution in [-0.2, 0) is 16.6 Å². The molecular weight excluding hydrogens is 447 g/mol. The Balaban J connectivity index is 1.82. The Morgan fingerprint density at radius 3 is 2.53 bits per heavy atom. The summed E-state index contributed by atoms with van der Waals surface area (Å²) >= 11 is 0. The number of benzene rings is 1. The zero-order chi connectivity index (χ0) is 24.5. The van der Waals surface area contributed by atoms with E-state index in [9.17, 15) is 18.4 Å². The molecule has 0 bridgehead atoms. The highest BCUT2D eigenvalue weighted by atomic mass is 19.3. The fraction of sp³-hybridized carbons (Fsp3) is 0.417. The fourth-order valence-electron chi connectivity index (χ4n) is 3.92. The second-order valence-corrected chi connectivity index (χ2v) is 8.26. The number of ether oxygens (including phenoxy) is 2. The number of aromatic nitrogens is 3. The topological polar surface area (TPSA) is 93.0 Å². The van der Waals surface area contributed by atoms with Crippen LogP contribution in [0.25, 0.3) is 11.0 Å². The number of alkyl halides is 2. The molecule has 1 fully saturated rings. The van der Waals surface area contributed by atoms with Crippen molar-refractivity contribution in [1.29, 1.82) is 5.26 Å². The number of halogens is 3. The van der Waals surface area contributed by atoms with Gasteiger partial charge in [-0.15, -0.1) is 0 Å². The van der Waals surface area contributed by atoms with Gasteiger partial charge in [0.1, 0.15) is 17.5 Å². The van der Waals surface area contributed by atoms with Crippen LogP contribution in [0.15, 0.2) is 24.3 Å². The first-order valence-corrected chi connectivity index (χ1v) is 10.8. The van der Waals surface area contributed by atoms with Crippen LogP contribution < -0.4 is 10.1 Å². The lowest BCUT2D eigenvalue weighted by Crippen LogP contribution is -2.14. The lowest BCUT2D eigenvalue weighted by molar-refractivity contribution is 0.146. The number of nitrogens with zero attached hydrogens (tertiary/aromatic N) is 4. The molecule has 1 saturated carbocycles.